The van der Waals surface area contributed by atoms with E-state index in [0.29, 0.717) is 28.3 Å². The fraction of sp³-hybridized carbons (Fsp3) is 0.148. The van der Waals surface area contributed by atoms with Crippen molar-refractivity contribution in [2.24, 2.45) is 5.73 Å². The van der Waals surface area contributed by atoms with Crippen LogP contribution in [0, 0.1) is 5.41 Å². The Labute approximate surface area is 235 Å². The van der Waals surface area contributed by atoms with Crippen LogP contribution < -0.4 is 26.2 Å². The molecule has 15 heteroatoms. The molecular weight excluding hydrogens is 561 g/mol. The van der Waals surface area contributed by atoms with Crippen molar-refractivity contribution in [2.45, 2.75) is 12.2 Å². The molecule has 5 N–H and O–H groups in total. The van der Waals surface area contributed by atoms with E-state index in [4.69, 9.17) is 20.6 Å². The number of rotatable bonds is 9. The Balaban J connectivity index is 1.78. The van der Waals surface area contributed by atoms with Crippen LogP contribution in [0.2, 0.25) is 0 Å². The number of methoxy groups -OCH3 is 2. The van der Waals surface area contributed by atoms with Crippen molar-refractivity contribution in [3.05, 3.63) is 99.7 Å². The van der Waals surface area contributed by atoms with Crippen LogP contribution >= 0.6 is 0 Å². The number of aromatic nitrogens is 3. The number of nitrogen functional groups attached to an aromatic ring is 1. The molecule has 0 saturated carbocycles. The highest BCUT2D eigenvalue weighted by molar-refractivity contribution is 6.00. The molecule has 0 saturated heterocycles. The van der Waals surface area contributed by atoms with Gasteiger partial charge in [-0.3, -0.25) is 10.4 Å². The van der Waals surface area contributed by atoms with Crippen molar-refractivity contribution in [3.8, 4) is 17.2 Å². The first-order valence-corrected chi connectivity index (χ1v) is 12.0. The van der Waals surface area contributed by atoms with Gasteiger partial charge in [0, 0.05) is 11.3 Å². The maximum absolute atomic E-state index is 13.1. The van der Waals surface area contributed by atoms with Crippen LogP contribution in [0.15, 0.2) is 71.5 Å². The number of para-hydroxylation sites is 1. The van der Waals surface area contributed by atoms with E-state index in [-0.39, 0.29) is 17.3 Å². The molecule has 1 aromatic heterocycles. The highest BCUT2D eigenvalue weighted by Gasteiger charge is 2.43. The zero-order valence-corrected chi connectivity index (χ0v) is 22.0. The van der Waals surface area contributed by atoms with E-state index < -0.39 is 35.4 Å². The lowest BCUT2D eigenvalue weighted by Gasteiger charge is -2.20. The number of esters is 2. The molecule has 4 aromatic rings. The molecule has 0 bridgehead atoms. The van der Waals surface area contributed by atoms with E-state index >= 15 is 0 Å². The number of anilines is 1. The van der Waals surface area contributed by atoms with Gasteiger partial charge in [0.25, 0.3) is 0 Å². The zero-order valence-electron chi connectivity index (χ0n) is 22.0. The lowest BCUT2D eigenvalue weighted by atomic mass is 10.0. The maximum Gasteiger partial charge on any atom is 0.491 e. The minimum atomic E-state index is -5.40. The Morgan fingerprint density at radius 2 is 1.69 bits per heavy atom. The van der Waals surface area contributed by atoms with Gasteiger partial charge in [-0.1, -0.05) is 18.2 Å². The third kappa shape index (κ3) is 6.24. The Morgan fingerprint density at radius 1 is 1.02 bits per heavy atom. The third-order valence-electron chi connectivity index (χ3n) is 5.93. The van der Waals surface area contributed by atoms with Crippen molar-refractivity contribution in [2.75, 3.05) is 19.5 Å². The predicted octanol–water partition coefficient (Wildman–Crippen LogP) is 3.31. The van der Waals surface area contributed by atoms with Gasteiger partial charge in [0.15, 0.2) is 17.3 Å². The largest absolute Gasteiger partial charge is 0.493 e. The zero-order chi connectivity index (χ0) is 30.6. The Morgan fingerprint density at radius 3 is 2.31 bits per heavy atom. The van der Waals surface area contributed by atoms with Crippen LogP contribution in [0.25, 0.3) is 5.69 Å². The number of benzene rings is 3. The molecule has 0 aliphatic carbocycles. The van der Waals surface area contributed by atoms with Gasteiger partial charge in [-0.15, -0.1) is 5.10 Å². The fourth-order valence-electron chi connectivity index (χ4n) is 3.92. The highest BCUT2D eigenvalue weighted by Crippen LogP contribution is 2.33. The van der Waals surface area contributed by atoms with Crippen LogP contribution in [0.4, 0.5) is 18.9 Å². The average Bonchev–Trinajstić information content (AvgIpc) is 3.36. The summed E-state index contributed by atoms with van der Waals surface area (Å²) in [6.07, 6.45) is -5.40. The number of amidine groups is 1. The van der Waals surface area contributed by atoms with Crippen LogP contribution in [-0.4, -0.2) is 52.9 Å². The van der Waals surface area contributed by atoms with E-state index in [0.717, 1.165) is 10.7 Å². The lowest BCUT2D eigenvalue weighted by Crippen LogP contribution is -2.29. The van der Waals surface area contributed by atoms with Crippen molar-refractivity contribution in [1.29, 1.82) is 5.41 Å². The number of nitrogens with two attached hydrogens (primary N) is 1. The molecule has 0 fully saturated rings. The number of carbonyl (C=O) groups excluding carboxylic acids is 2. The SMILES string of the molecule is COc1ccc(C(Nc2ccc(C(=N)N)cc2)c2nn(-c3ccccc3C(=O)OC(=O)C(F)(F)F)c(=O)[nH]2)cc1OC. The Hall–Kier alpha value is -5.60. The summed E-state index contributed by atoms with van der Waals surface area (Å²) in [7, 11) is 2.91. The number of hydrogen-bond acceptors (Lipinski definition) is 9. The summed E-state index contributed by atoms with van der Waals surface area (Å²) in [5, 5.41) is 15.1. The minimum Gasteiger partial charge on any atom is -0.493 e. The summed E-state index contributed by atoms with van der Waals surface area (Å²) in [4.78, 5) is 39.4. The number of carbonyl (C=O) groups is 2. The van der Waals surface area contributed by atoms with Gasteiger partial charge < -0.3 is 25.3 Å². The van der Waals surface area contributed by atoms with Crippen LogP contribution in [-0.2, 0) is 9.53 Å². The first-order chi connectivity index (χ1) is 19.9. The molecule has 218 valence electrons. The standard InChI is InChI=1S/C27H23F3N6O6/c1-40-19-12-9-15(13-20(19)41-2)21(33-16-10-7-14(8-11-16)22(31)32)23-34-26(39)36(35-23)18-6-4-3-5-17(18)24(37)42-25(38)27(28,29)30/h3-13,21,33H,1-2H3,(H3,31,32)(H,34,35,39). The average molecular weight is 585 g/mol. The summed E-state index contributed by atoms with van der Waals surface area (Å²) in [6.45, 7) is 0. The minimum absolute atomic E-state index is 0.0393. The molecule has 1 unspecified atom stereocenters. The number of alkyl halides is 3. The van der Waals surface area contributed by atoms with E-state index in [1.54, 1.807) is 42.5 Å². The van der Waals surface area contributed by atoms with Crippen LogP contribution in [0.3, 0.4) is 0 Å². The van der Waals surface area contributed by atoms with Crippen LogP contribution in [0.1, 0.15) is 33.4 Å². The molecule has 1 heterocycles. The first-order valence-electron chi connectivity index (χ1n) is 12.0. The molecule has 42 heavy (non-hydrogen) atoms. The molecule has 0 amide bonds. The van der Waals surface area contributed by atoms with Gasteiger partial charge >= 0.3 is 23.8 Å². The van der Waals surface area contributed by atoms with E-state index in [1.807, 2.05) is 0 Å². The van der Waals surface area contributed by atoms with Crippen molar-refractivity contribution >= 4 is 23.5 Å². The van der Waals surface area contributed by atoms with Crippen molar-refractivity contribution < 1.29 is 37.0 Å². The third-order valence-corrected chi connectivity index (χ3v) is 5.93. The maximum atomic E-state index is 13.1. The summed E-state index contributed by atoms with van der Waals surface area (Å²) in [5.41, 5.74) is 5.53. The number of H-pyrrole nitrogens is 1. The highest BCUT2D eigenvalue weighted by atomic mass is 19.4. The number of aromatic amines is 1. The quantitative estimate of drug-likeness (QED) is 0.0996. The molecule has 0 aliphatic rings. The van der Waals surface area contributed by atoms with E-state index in [2.05, 4.69) is 20.1 Å². The fourth-order valence-corrected chi connectivity index (χ4v) is 3.92. The van der Waals surface area contributed by atoms with Crippen LogP contribution in [0.5, 0.6) is 11.5 Å². The van der Waals surface area contributed by atoms with Crippen molar-refractivity contribution in [3.63, 3.8) is 0 Å². The van der Waals surface area contributed by atoms with Crippen molar-refractivity contribution in [1.82, 2.24) is 14.8 Å². The van der Waals surface area contributed by atoms with Gasteiger partial charge in [-0.25, -0.2) is 14.4 Å². The summed E-state index contributed by atoms with van der Waals surface area (Å²) >= 11 is 0. The van der Waals surface area contributed by atoms with Gasteiger partial charge in [-0.05, 0) is 54.1 Å². The topological polar surface area (TPSA) is 174 Å². The van der Waals surface area contributed by atoms with E-state index in [1.165, 1.54) is 32.4 Å². The molecule has 4 rings (SSSR count). The first kappa shape index (κ1) is 29.4. The Bertz CT molecular complexity index is 1700. The number of hydrogen-bond donors (Lipinski definition) is 4. The smallest absolute Gasteiger partial charge is 0.491 e. The molecule has 0 aliphatic heterocycles. The Kier molecular flexibility index (Phi) is 8.31. The second kappa shape index (κ2) is 11.9. The number of halogens is 3. The predicted molar refractivity (Wildman–Crippen MR) is 143 cm³/mol. The second-order valence-electron chi connectivity index (χ2n) is 8.60. The number of ether oxygens (including phenoxy) is 3. The van der Waals surface area contributed by atoms with Gasteiger partial charge in [0.2, 0.25) is 0 Å². The number of nitrogens with zero attached hydrogens (tertiary/aromatic N) is 2. The molecule has 12 nitrogen and oxygen atoms in total. The van der Waals surface area contributed by atoms with E-state index in [9.17, 15) is 27.6 Å². The summed E-state index contributed by atoms with van der Waals surface area (Å²) < 4.78 is 53.4. The normalized spacial score (nSPS) is 11.8. The molecule has 1 atom stereocenters. The number of nitrogens with one attached hydrogen (secondary N) is 3. The van der Waals surface area contributed by atoms with Gasteiger partial charge in [0.1, 0.15) is 11.9 Å². The van der Waals surface area contributed by atoms with Gasteiger partial charge in [-0.2, -0.15) is 17.9 Å². The molecule has 0 spiro atoms. The monoisotopic (exact) mass is 584 g/mol. The van der Waals surface area contributed by atoms with Gasteiger partial charge in [0.05, 0.1) is 25.5 Å². The second-order valence-corrected chi connectivity index (χ2v) is 8.60. The molecule has 3 aromatic carbocycles. The molecular formula is C27H23F3N6O6. The lowest BCUT2D eigenvalue weighted by molar-refractivity contribution is -0.193. The summed E-state index contributed by atoms with van der Waals surface area (Å²) in [6, 6.07) is 15.7. The molecule has 0 radical (unpaired) electrons. The summed E-state index contributed by atoms with van der Waals surface area (Å²) in [5.74, 6) is -3.61.